The second kappa shape index (κ2) is 22.5. The topological polar surface area (TPSA) is 53.3 Å². The molecule has 1 unspecified atom stereocenters. The molecule has 0 amide bonds. The highest BCUT2D eigenvalue weighted by Gasteiger charge is 2.27. The number of nitrogen functional groups attached to an aromatic ring is 1. The van der Waals surface area contributed by atoms with Crippen LogP contribution in [0.2, 0.25) is 0 Å². The zero-order valence-electron chi connectivity index (χ0n) is 28.1. The Bertz CT molecular complexity index is 1070. The number of rotatable bonds is 16. The molecule has 1 atom stereocenters. The fourth-order valence-electron chi connectivity index (χ4n) is 4.58. The third-order valence-corrected chi connectivity index (χ3v) is 7.27. The summed E-state index contributed by atoms with van der Waals surface area (Å²) in [6.45, 7) is 15.6. The molecule has 0 fully saturated rings. The van der Waals surface area contributed by atoms with Gasteiger partial charge in [0.2, 0.25) is 0 Å². The molecule has 0 aromatic heterocycles. The Morgan fingerprint density at radius 2 is 1.40 bits per heavy atom. The van der Waals surface area contributed by atoms with Gasteiger partial charge in [0.05, 0.1) is 29.2 Å². The van der Waals surface area contributed by atoms with Gasteiger partial charge >= 0.3 is 12.4 Å². The number of alkyl halides is 6. The van der Waals surface area contributed by atoms with Gasteiger partial charge in [-0.2, -0.15) is 26.3 Å². The van der Waals surface area contributed by atoms with E-state index in [1.165, 1.54) is 69.9 Å². The quantitative estimate of drug-likeness (QED) is 0.0735. The van der Waals surface area contributed by atoms with E-state index in [9.17, 15) is 26.3 Å². The first-order valence-electron chi connectivity index (χ1n) is 16.2. The van der Waals surface area contributed by atoms with Crippen LogP contribution in [-0.2, 0) is 6.42 Å². The molecule has 0 bridgehead atoms. The van der Waals surface area contributed by atoms with Crippen molar-refractivity contribution in [1.29, 1.82) is 0 Å². The van der Waals surface area contributed by atoms with E-state index in [1.807, 2.05) is 13.1 Å². The number of unbranched alkanes of at least 4 members (excludes halogenated alkanes) is 5. The predicted molar refractivity (Wildman–Crippen MR) is 182 cm³/mol. The Morgan fingerprint density at radius 3 is 1.84 bits per heavy atom. The van der Waals surface area contributed by atoms with Crippen molar-refractivity contribution in [2.24, 2.45) is 5.92 Å². The van der Waals surface area contributed by atoms with Gasteiger partial charge in [0.1, 0.15) is 0 Å². The average molecular weight is 647 g/mol. The third-order valence-electron chi connectivity index (χ3n) is 7.27. The lowest BCUT2D eigenvalue weighted by Crippen LogP contribution is -2.29. The lowest BCUT2D eigenvalue weighted by Gasteiger charge is -2.29. The second-order valence-electron chi connectivity index (χ2n) is 11.1. The van der Waals surface area contributed by atoms with E-state index in [2.05, 4.69) is 68.9 Å². The van der Waals surface area contributed by atoms with Crippen molar-refractivity contribution < 1.29 is 26.3 Å². The van der Waals surface area contributed by atoms with Crippen LogP contribution >= 0.6 is 0 Å². The SMILES string of the molecule is C=CC(F)(F)F.CCCCC(CC)CN(CC)c1ccc(Nc2ccc(CC(F)(F)F)cc2N)c(NC)c1.CCCCCCC. The Kier molecular flexibility index (Phi) is 20.9. The second-order valence-corrected chi connectivity index (χ2v) is 11.1. The maximum absolute atomic E-state index is 12.6. The minimum Gasteiger partial charge on any atom is -0.397 e. The number of nitrogens with one attached hydrogen (secondary N) is 2. The zero-order chi connectivity index (χ0) is 34.5. The molecule has 2 aromatic rings. The molecule has 0 aliphatic carbocycles. The molecule has 0 saturated heterocycles. The van der Waals surface area contributed by atoms with Gasteiger partial charge in [0, 0.05) is 31.9 Å². The lowest BCUT2D eigenvalue weighted by molar-refractivity contribution is -0.127. The fourth-order valence-corrected chi connectivity index (χ4v) is 4.58. The van der Waals surface area contributed by atoms with Crippen molar-refractivity contribution in [3.63, 3.8) is 0 Å². The molecule has 0 aliphatic heterocycles. The van der Waals surface area contributed by atoms with Crippen LogP contribution in [0.15, 0.2) is 49.1 Å². The number of allylic oxidation sites excluding steroid dienone is 1. The molecule has 45 heavy (non-hydrogen) atoms. The first-order chi connectivity index (χ1) is 21.2. The summed E-state index contributed by atoms with van der Waals surface area (Å²) in [6, 6.07) is 10.6. The fraction of sp³-hybridized carbons (Fsp3) is 0.600. The lowest BCUT2D eigenvalue weighted by atomic mass is 9.98. The largest absolute Gasteiger partial charge is 0.409 e. The molecule has 0 aliphatic rings. The Balaban J connectivity index is 0.00000124. The summed E-state index contributed by atoms with van der Waals surface area (Å²) in [5.41, 5.74) is 9.92. The molecule has 2 aromatic carbocycles. The summed E-state index contributed by atoms with van der Waals surface area (Å²) in [5.74, 6) is 0.667. The molecule has 2 rings (SSSR count). The van der Waals surface area contributed by atoms with Crippen molar-refractivity contribution >= 4 is 28.4 Å². The van der Waals surface area contributed by atoms with Gasteiger partial charge in [0.15, 0.2) is 0 Å². The standard InChI is InChI=1S/C25H37F3N4.C7H16.C3H3F3/c1-5-8-9-18(6-2)17-32(7-3)20-11-13-23(24(15-20)30-4)31-22-12-10-19(14-21(22)29)16-25(26,27)28;1-3-5-7-6-4-2;1-2-3(4,5)6/h10-15,18,30-31H,5-9,16-17,29H2,1-4H3;3-7H2,1-2H3;2H,1H2. The first-order valence-corrected chi connectivity index (χ1v) is 16.2. The van der Waals surface area contributed by atoms with Gasteiger partial charge in [-0.1, -0.05) is 91.7 Å². The number of hydrogen-bond acceptors (Lipinski definition) is 4. The summed E-state index contributed by atoms with van der Waals surface area (Å²) < 4.78 is 69.9. The average Bonchev–Trinajstić information content (AvgIpc) is 2.98. The van der Waals surface area contributed by atoms with Crippen molar-refractivity contribution in [3.05, 3.63) is 54.6 Å². The third kappa shape index (κ3) is 19.2. The van der Waals surface area contributed by atoms with E-state index in [0.29, 0.717) is 11.6 Å². The van der Waals surface area contributed by atoms with E-state index in [0.717, 1.165) is 30.2 Å². The smallest absolute Gasteiger partial charge is 0.397 e. The first kappa shape index (κ1) is 42.0. The van der Waals surface area contributed by atoms with Gasteiger partial charge in [-0.25, -0.2) is 0 Å². The van der Waals surface area contributed by atoms with Gasteiger partial charge in [0.25, 0.3) is 0 Å². The monoisotopic (exact) mass is 646 g/mol. The van der Waals surface area contributed by atoms with Crippen molar-refractivity contribution in [1.82, 2.24) is 0 Å². The maximum atomic E-state index is 12.6. The van der Waals surface area contributed by atoms with E-state index in [1.54, 1.807) is 6.07 Å². The summed E-state index contributed by atoms with van der Waals surface area (Å²) in [4.78, 5) is 2.40. The predicted octanol–water partition coefficient (Wildman–Crippen LogP) is 11.9. The Labute approximate surface area is 267 Å². The van der Waals surface area contributed by atoms with E-state index in [-0.39, 0.29) is 17.3 Å². The molecule has 4 N–H and O–H groups in total. The van der Waals surface area contributed by atoms with E-state index < -0.39 is 18.8 Å². The molecular formula is C35H56F6N4. The molecule has 0 heterocycles. The van der Waals surface area contributed by atoms with Crippen LogP contribution in [0.5, 0.6) is 0 Å². The molecule has 258 valence electrons. The number of anilines is 5. The summed E-state index contributed by atoms with van der Waals surface area (Å²) >= 11 is 0. The van der Waals surface area contributed by atoms with Crippen LogP contribution < -0.4 is 21.3 Å². The highest BCUT2D eigenvalue weighted by atomic mass is 19.4. The van der Waals surface area contributed by atoms with Gasteiger partial charge < -0.3 is 21.3 Å². The molecule has 10 heteroatoms. The number of nitrogens with zero attached hydrogens (tertiary/aromatic N) is 1. The number of benzene rings is 2. The van der Waals surface area contributed by atoms with Crippen molar-refractivity contribution in [2.75, 3.05) is 41.4 Å². The number of halogens is 6. The molecule has 4 nitrogen and oxygen atoms in total. The van der Waals surface area contributed by atoms with E-state index in [4.69, 9.17) is 5.73 Å². The molecule has 0 radical (unpaired) electrons. The van der Waals surface area contributed by atoms with Crippen LogP contribution in [-0.4, -0.2) is 32.5 Å². The zero-order valence-corrected chi connectivity index (χ0v) is 28.1. The summed E-state index contributed by atoms with van der Waals surface area (Å²) in [7, 11) is 1.85. The number of hydrogen-bond donors (Lipinski definition) is 3. The number of nitrogens with two attached hydrogens (primary N) is 1. The van der Waals surface area contributed by atoms with Gasteiger partial charge in [-0.05, 0) is 55.2 Å². The van der Waals surface area contributed by atoms with E-state index >= 15 is 0 Å². The maximum Gasteiger partial charge on any atom is 0.409 e. The molecule has 0 spiro atoms. The Morgan fingerprint density at radius 1 is 0.822 bits per heavy atom. The summed E-state index contributed by atoms with van der Waals surface area (Å²) in [5, 5.41) is 6.48. The highest BCUT2D eigenvalue weighted by Crippen LogP contribution is 2.34. The van der Waals surface area contributed by atoms with Gasteiger partial charge in [-0.3, -0.25) is 0 Å². The van der Waals surface area contributed by atoms with Gasteiger partial charge in [-0.15, -0.1) is 0 Å². The summed E-state index contributed by atoms with van der Waals surface area (Å²) in [6.07, 6.45) is 2.38. The normalized spacial score (nSPS) is 11.8. The minimum atomic E-state index is -4.25. The molecule has 0 saturated carbocycles. The van der Waals surface area contributed by atoms with Crippen molar-refractivity contribution in [3.8, 4) is 0 Å². The van der Waals surface area contributed by atoms with Crippen LogP contribution in [0.1, 0.15) is 98.0 Å². The van der Waals surface area contributed by atoms with Crippen LogP contribution in [0.25, 0.3) is 0 Å². The van der Waals surface area contributed by atoms with Crippen LogP contribution in [0.3, 0.4) is 0 Å². The van der Waals surface area contributed by atoms with Crippen molar-refractivity contribution in [2.45, 2.75) is 111 Å². The highest BCUT2D eigenvalue weighted by molar-refractivity contribution is 5.82. The Hall–Kier alpha value is -3.04. The van der Waals surface area contributed by atoms with Crippen LogP contribution in [0.4, 0.5) is 54.8 Å². The minimum absolute atomic E-state index is 0.0625. The van der Waals surface area contributed by atoms with Crippen LogP contribution in [0, 0.1) is 5.92 Å². The molecular weight excluding hydrogens is 590 g/mol.